The highest BCUT2D eigenvalue weighted by Crippen LogP contribution is 2.43. The van der Waals surface area contributed by atoms with E-state index in [1.165, 1.54) is 6.42 Å². The molecule has 0 aromatic carbocycles. The van der Waals surface area contributed by atoms with Gasteiger partial charge in [-0.05, 0) is 37.3 Å². The molecule has 8 heteroatoms. The molecule has 1 spiro atoms. The normalized spacial score (nSPS) is 22.9. The first-order valence-electron chi connectivity index (χ1n) is 7.85. The Morgan fingerprint density at radius 1 is 1.35 bits per heavy atom. The first-order chi connectivity index (χ1) is 10.3. The van der Waals surface area contributed by atoms with Crippen LogP contribution in [-0.4, -0.2) is 54.9 Å². The number of halogens is 2. The van der Waals surface area contributed by atoms with E-state index in [2.05, 4.69) is 25.5 Å². The van der Waals surface area contributed by atoms with Crippen molar-refractivity contribution >= 4 is 36.6 Å². The maximum Gasteiger partial charge on any atom is 0.227 e. The second kappa shape index (κ2) is 8.87. The van der Waals surface area contributed by atoms with Crippen LogP contribution in [-0.2, 0) is 0 Å². The Balaban J connectivity index is 0.00000132. The van der Waals surface area contributed by atoms with Crippen LogP contribution in [0.3, 0.4) is 0 Å². The van der Waals surface area contributed by atoms with Gasteiger partial charge in [0.1, 0.15) is 5.82 Å². The van der Waals surface area contributed by atoms with Crippen molar-refractivity contribution in [1.29, 1.82) is 0 Å². The third-order valence-electron chi connectivity index (χ3n) is 5.22. The Kier molecular flexibility index (Phi) is 7.80. The Hall–Kier alpha value is -0.820. The lowest BCUT2D eigenvalue weighted by atomic mass is 9.65. The molecule has 2 aliphatic heterocycles. The molecule has 1 atom stereocenters. The maximum atomic E-state index is 9.67. The van der Waals surface area contributed by atoms with E-state index in [1.54, 1.807) is 6.20 Å². The average Bonchev–Trinajstić information content (AvgIpc) is 2.56. The van der Waals surface area contributed by atoms with Crippen LogP contribution in [0.5, 0.6) is 0 Å². The molecule has 1 unspecified atom stereocenters. The fourth-order valence-corrected chi connectivity index (χ4v) is 3.74. The van der Waals surface area contributed by atoms with Crippen LogP contribution in [0.25, 0.3) is 0 Å². The van der Waals surface area contributed by atoms with Crippen molar-refractivity contribution in [2.45, 2.75) is 19.3 Å². The molecule has 0 bridgehead atoms. The lowest BCUT2D eigenvalue weighted by molar-refractivity contribution is 0.0325. The monoisotopic (exact) mass is 363 g/mol. The minimum atomic E-state index is 0. The Morgan fingerprint density at radius 3 is 2.74 bits per heavy atom. The molecule has 0 saturated carbocycles. The van der Waals surface area contributed by atoms with Gasteiger partial charge >= 0.3 is 0 Å². The van der Waals surface area contributed by atoms with E-state index < -0.39 is 0 Å². The van der Waals surface area contributed by atoms with Crippen LogP contribution < -0.4 is 15.5 Å². The van der Waals surface area contributed by atoms with Gasteiger partial charge in [0.2, 0.25) is 5.95 Å². The van der Waals surface area contributed by atoms with Gasteiger partial charge in [0, 0.05) is 45.4 Å². The van der Waals surface area contributed by atoms with Gasteiger partial charge in [0.25, 0.3) is 0 Å². The third kappa shape index (κ3) is 4.18. The van der Waals surface area contributed by atoms with E-state index in [0.29, 0.717) is 17.9 Å². The van der Waals surface area contributed by atoms with Crippen LogP contribution >= 0.6 is 24.8 Å². The number of aliphatic hydroxyl groups is 1. The number of hydrogen-bond donors (Lipinski definition) is 3. The van der Waals surface area contributed by atoms with E-state index in [1.807, 2.05) is 13.1 Å². The SMILES string of the molecule is CNc1ccnc(N2CCC3(CCNCC3CO)CC2)n1.Cl.Cl. The molecule has 0 amide bonds. The van der Waals surface area contributed by atoms with Crippen molar-refractivity contribution in [2.24, 2.45) is 11.3 Å². The Bertz CT molecular complexity index is 483. The summed E-state index contributed by atoms with van der Waals surface area (Å²) in [6.07, 6.45) is 5.21. The van der Waals surface area contributed by atoms with Gasteiger partial charge in [-0.1, -0.05) is 0 Å². The first kappa shape index (κ1) is 20.2. The molecule has 0 aliphatic carbocycles. The topological polar surface area (TPSA) is 73.3 Å². The standard InChI is InChI=1S/C15H25N5O.2ClH/c1-16-13-2-6-18-14(19-13)20-8-4-15(5-9-20)3-7-17-10-12(15)11-21;;/h2,6,12,17,21H,3-5,7-11H2,1H3,(H,16,18,19);2*1H. The summed E-state index contributed by atoms with van der Waals surface area (Å²) in [5, 5.41) is 16.1. The van der Waals surface area contributed by atoms with Crippen LogP contribution in [0.2, 0.25) is 0 Å². The molecule has 1 aromatic rings. The molecule has 132 valence electrons. The van der Waals surface area contributed by atoms with E-state index in [9.17, 15) is 5.11 Å². The second-order valence-electron chi connectivity index (χ2n) is 6.17. The number of aromatic nitrogens is 2. The molecule has 3 heterocycles. The minimum absolute atomic E-state index is 0. The number of hydrogen-bond acceptors (Lipinski definition) is 6. The summed E-state index contributed by atoms with van der Waals surface area (Å²) in [6, 6.07) is 1.88. The third-order valence-corrected chi connectivity index (χ3v) is 5.22. The van der Waals surface area contributed by atoms with Crippen molar-refractivity contribution < 1.29 is 5.11 Å². The van der Waals surface area contributed by atoms with Gasteiger partial charge in [-0.2, -0.15) is 4.98 Å². The smallest absolute Gasteiger partial charge is 0.227 e. The largest absolute Gasteiger partial charge is 0.396 e. The van der Waals surface area contributed by atoms with E-state index >= 15 is 0 Å². The van der Waals surface area contributed by atoms with E-state index in [-0.39, 0.29) is 24.8 Å². The number of nitrogens with zero attached hydrogens (tertiary/aromatic N) is 3. The molecule has 3 N–H and O–H groups in total. The summed E-state index contributed by atoms with van der Waals surface area (Å²) >= 11 is 0. The highest BCUT2D eigenvalue weighted by Gasteiger charge is 2.42. The summed E-state index contributed by atoms with van der Waals surface area (Å²) < 4.78 is 0. The molecule has 2 saturated heterocycles. The van der Waals surface area contributed by atoms with Gasteiger partial charge < -0.3 is 20.6 Å². The zero-order valence-electron chi connectivity index (χ0n) is 13.5. The fraction of sp³-hybridized carbons (Fsp3) is 0.733. The zero-order chi connectivity index (χ0) is 14.7. The van der Waals surface area contributed by atoms with Crippen molar-refractivity contribution in [3.8, 4) is 0 Å². The van der Waals surface area contributed by atoms with E-state index in [4.69, 9.17) is 0 Å². The molecule has 2 aliphatic rings. The lowest BCUT2D eigenvalue weighted by Gasteiger charge is -2.49. The molecular formula is C15H27Cl2N5O. The summed E-state index contributed by atoms with van der Waals surface area (Å²) in [6.45, 7) is 4.26. The molecule has 23 heavy (non-hydrogen) atoms. The van der Waals surface area contributed by atoms with Gasteiger partial charge in [-0.15, -0.1) is 24.8 Å². The summed E-state index contributed by atoms with van der Waals surface area (Å²) in [5.41, 5.74) is 0.303. The summed E-state index contributed by atoms with van der Waals surface area (Å²) in [4.78, 5) is 11.2. The summed E-state index contributed by atoms with van der Waals surface area (Å²) in [5.74, 6) is 2.06. The first-order valence-corrected chi connectivity index (χ1v) is 7.85. The highest BCUT2D eigenvalue weighted by molar-refractivity contribution is 5.85. The number of aliphatic hydroxyl groups excluding tert-OH is 1. The maximum absolute atomic E-state index is 9.67. The van der Waals surface area contributed by atoms with Crippen LogP contribution in [0.15, 0.2) is 12.3 Å². The fourth-order valence-electron chi connectivity index (χ4n) is 3.74. The second-order valence-corrected chi connectivity index (χ2v) is 6.17. The zero-order valence-corrected chi connectivity index (χ0v) is 15.1. The van der Waals surface area contributed by atoms with Gasteiger partial charge in [0.15, 0.2) is 0 Å². The lowest BCUT2D eigenvalue weighted by Crippen LogP contribution is -2.52. The summed E-state index contributed by atoms with van der Waals surface area (Å²) in [7, 11) is 1.87. The molecule has 2 fully saturated rings. The van der Waals surface area contributed by atoms with Crippen molar-refractivity contribution in [2.75, 3.05) is 50.1 Å². The van der Waals surface area contributed by atoms with Crippen molar-refractivity contribution in [3.05, 3.63) is 12.3 Å². The number of piperidine rings is 2. The van der Waals surface area contributed by atoms with Gasteiger partial charge in [-0.25, -0.2) is 4.98 Å². The highest BCUT2D eigenvalue weighted by atomic mass is 35.5. The predicted molar refractivity (Wildman–Crippen MR) is 98.0 cm³/mol. The van der Waals surface area contributed by atoms with Gasteiger partial charge in [-0.3, -0.25) is 0 Å². The Morgan fingerprint density at radius 2 is 2.09 bits per heavy atom. The van der Waals surface area contributed by atoms with Crippen molar-refractivity contribution in [1.82, 2.24) is 15.3 Å². The average molecular weight is 364 g/mol. The van der Waals surface area contributed by atoms with Crippen LogP contribution in [0.4, 0.5) is 11.8 Å². The molecule has 3 rings (SSSR count). The van der Waals surface area contributed by atoms with Crippen molar-refractivity contribution in [3.63, 3.8) is 0 Å². The number of nitrogens with one attached hydrogen (secondary N) is 2. The quantitative estimate of drug-likeness (QED) is 0.756. The minimum Gasteiger partial charge on any atom is -0.396 e. The molecule has 6 nitrogen and oxygen atoms in total. The number of rotatable bonds is 3. The van der Waals surface area contributed by atoms with Gasteiger partial charge in [0.05, 0.1) is 0 Å². The molecule has 1 aromatic heterocycles. The predicted octanol–water partition coefficient (Wildman–Crippen LogP) is 1.55. The van der Waals surface area contributed by atoms with Crippen LogP contribution in [0, 0.1) is 11.3 Å². The molecule has 0 radical (unpaired) electrons. The molecular weight excluding hydrogens is 337 g/mol. The Labute approximate surface area is 150 Å². The van der Waals surface area contributed by atoms with Crippen LogP contribution in [0.1, 0.15) is 19.3 Å². The van der Waals surface area contributed by atoms with E-state index in [0.717, 1.165) is 50.8 Å². The number of anilines is 2.